The number of ether oxygens (including phenoxy) is 4. The summed E-state index contributed by atoms with van der Waals surface area (Å²) in [5, 5.41) is 2.87. The van der Waals surface area contributed by atoms with Crippen molar-refractivity contribution in [2.45, 2.75) is 45.6 Å². The molecule has 0 aliphatic rings. The fourth-order valence-electron chi connectivity index (χ4n) is 3.19. The highest BCUT2D eigenvalue weighted by Crippen LogP contribution is 2.38. The lowest BCUT2D eigenvalue weighted by molar-refractivity contribution is -0.152. The number of anilines is 1. The highest BCUT2D eigenvalue weighted by Gasteiger charge is 2.21. The van der Waals surface area contributed by atoms with Crippen LogP contribution in [-0.2, 0) is 20.7 Å². The zero-order chi connectivity index (χ0) is 23.0. The molecule has 0 spiro atoms. The van der Waals surface area contributed by atoms with Gasteiger partial charge in [0, 0.05) is 5.69 Å². The Labute approximate surface area is 183 Å². The lowest BCUT2D eigenvalue weighted by atomic mass is 9.97. The zero-order valence-electron chi connectivity index (χ0n) is 19.0. The van der Waals surface area contributed by atoms with Crippen LogP contribution in [0.1, 0.15) is 44.2 Å². The molecule has 7 nitrogen and oxygen atoms in total. The van der Waals surface area contributed by atoms with E-state index in [4.69, 9.17) is 18.9 Å². The predicted octanol–water partition coefficient (Wildman–Crippen LogP) is 4.34. The maximum Gasteiger partial charge on any atom is 0.311 e. The largest absolute Gasteiger partial charge is 0.493 e. The average Bonchev–Trinajstić information content (AvgIpc) is 2.77. The van der Waals surface area contributed by atoms with E-state index >= 15 is 0 Å². The van der Waals surface area contributed by atoms with E-state index in [2.05, 4.69) is 19.2 Å². The van der Waals surface area contributed by atoms with E-state index in [-0.39, 0.29) is 12.3 Å². The molecule has 7 heteroatoms. The number of esters is 1. The van der Waals surface area contributed by atoms with Gasteiger partial charge >= 0.3 is 5.97 Å². The fraction of sp³-hybridized carbons (Fsp3) is 0.417. The normalized spacial score (nSPS) is 12.5. The number of methoxy groups -OCH3 is 3. The molecule has 1 amide bonds. The Balaban J connectivity index is 2.05. The van der Waals surface area contributed by atoms with E-state index < -0.39 is 12.1 Å². The van der Waals surface area contributed by atoms with Gasteiger partial charge in [-0.1, -0.05) is 32.0 Å². The van der Waals surface area contributed by atoms with E-state index in [1.807, 2.05) is 24.3 Å². The van der Waals surface area contributed by atoms with Crippen LogP contribution in [0.25, 0.3) is 0 Å². The minimum Gasteiger partial charge on any atom is -0.493 e. The molecule has 0 aromatic heterocycles. The summed E-state index contributed by atoms with van der Waals surface area (Å²) in [6.45, 7) is 5.75. The quantitative estimate of drug-likeness (QED) is 0.566. The van der Waals surface area contributed by atoms with Crippen molar-refractivity contribution in [2.75, 3.05) is 26.6 Å². The number of amides is 1. The number of carbonyl (C=O) groups excluding carboxylic acids is 2. The number of nitrogens with one attached hydrogen (secondary N) is 1. The minimum atomic E-state index is -0.945. The third kappa shape index (κ3) is 6.13. The third-order valence-corrected chi connectivity index (χ3v) is 5.11. The SMILES string of the molecule is CC[C@@H](C)c1ccccc1NC(=O)[C@@H](C)OC(=O)Cc1cc(OC)c(OC)c(OC)c1. The molecule has 0 bridgehead atoms. The number of para-hydroxylation sites is 1. The van der Waals surface area contributed by atoms with Crippen molar-refractivity contribution in [2.24, 2.45) is 0 Å². The number of rotatable bonds is 10. The van der Waals surface area contributed by atoms with Gasteiger partial charge in [-0.05, 0) is 48.6 Å². The summed E-state index contributed by atoms with van der Waals surface area (Å²) in [5.41, 5.74) is 2.40. The predicted molar refractivity (Wildman–Crippen MR) is 119 cm³/mol. The topological polar surface area (TPSA) is 83.1 Å². The molecule has 2 atom stereocenters. The molecular weight excluding hydrogens is 398 g/mol. The van der Waals surface area contributed by atoms with Gasteiger partial charge in [0.1, 0.15) is 0 Å². The molecule has 2 rings (SSSR count). The van der Waals surface area contributed by atoms with Crippen LogP contribution in [0.2, 0.25) is 0 Å². The van der Waals surface area contributed by atoms with Gasteiger partial charge in [0.05, 0.1) is 27.8 Å². The Bertz CT molecular complexity index is 886. The van der Waals surface area contributed by atoms with E-state index in [1.165, 1.54) is 21.3 Å². The molecule has 0 aliphatic heterocycles. The van der Waals surface area contributed by atoms with Gasteiger partial charge in [-0.3, -0.25) is 9.59 Å². The summed E-state index contributed by atoms with van der Waals surface area (Å²) in [6, 6.07) is 11.0. The fourth-order valence-corrected chi connectivity index (χ4v) is 3.19. The molecule has 0 saturated heterocycles. The average molecular weight is 430 g/mol. The second-order valence-corrected chi connectivity index (χ2v) is 7.23. The second-order valence-electron chi connectivity index (χ2n) is 7.23. The van der Waals surface area contributed by atoms with Crippen LogP contribution in [0.4, 0.5) is 5.69 Å². The van der Waals surface area contributed by atoms with Crippen LogP contribution in [-0.4, -0.2) is 39.3 Å². The Morgan fingerprint density at radius 3 is 2.13 bits per heavy atom. The van der Waals surface area contributed by atoms with Gasteiger partial charge in [-0.2, -0.15) is 0 Å². The summed E-state index contributed by atoms with van der Waals surface area (Å²) in [4.78, 5) is 25.0. The number of carbonyl (C=O) groups is 2. The Kier molecular flexibility index (Phi) is 8.73. The summed E-state index contributed by atoms with van der Waals surface area (Å²) in [5.74, 6) is 0.708. The van der Waals surface area contributed by atoms with Gasteiger partial charge in [0.15, 0.2) is 17.6 Å². The number of hydrogen-bond acceptors (Lipinski definition) is 6. The summed E-state index contributed by atoms with van der Waals surface area (Å²) >= 11 is 0. The summed E-state index contributed by atoms with van der Waals surface area (Å²) < 4.78 is 21.3. The Morgan fingerprint density at radius 1 is 0.968 bits per heavy atom. The molecule has 0 fully saturated rings. The Morgan fingerprint density at radius 2 is 1.58 bits per heavy atom. The summed E-state index contributed by atoms with van der Waals surface area (Å²) in [7, 11) is 4.51. The first-order chi connectivity index (χ1) is 14.8. The van der Waals surface area contributed by atoms with Crippen molar-refractivity contribution in [1.29, 1.82) is 0 Å². The third-order valence-electron chi connectivity index (χ3n) is 5.11. The van der Waals surface area contributed by atoms with Crippen LogP contribution in [0.3, 0.4) is 0 Å². The van der Waals surface area contributed by atoms with Crippen molar-refractivity contribution >= 4 is 17.6 Å². The van der Waals surface area contributed by atoms with Crippen LogP contribution < -0.4 is 19.5 Å². The molecule has 2 aromatic carbocycles. The molecule has 2 aromatic rings. The molecule has 168 valence electrons. The van der Waals surface area contributed by atoms with Gasteiger partial charge in [0.2, 0.25) is 5.75 Å². The van der Waals surface area contributed by atoms with Crippen molar-refractivity contribution in [3.8, 4) is 17.2 Å². The van der Waals surface area contributed by atoms with Crippen molar-refractivity contribution in [3.63, 3.8) is 0 Å². The monoisotopic (exact) mass is 429 g/mol. The van der Waals surface area contributed by atoms with Gasteiger partial charge in [-0.15, -0.1) is 0 Å². The molecule has 0 unspecified atom stereocenters. The van der Waals surface area contributed by atoms with Crippen molar-refractivity contribution in [3.05, 3.63) is 47.5 Å². The lowest BCUT2D eigenvalue weighted by Gasteiger charge is -2.18. The lowest BCUT2D eigenvalue weighted by Crippen LogP contribution is -2.30. The molecular formula is C24H31NO6. The second kappa shape index (κ2) is 11.2. The first kappa shape index (κ1) is 24.1. The summed E-state index contributed by atoms with van der Waals surface area (Å²) in [6.07, 6.45) is -0.0381. The maximum absolute atomic E-state index is 12.6. The van der Waals surface area contributed by atoms with Crippen LogP contribution >= 0.6 is 0 Å². The van der Waals surface area contributed by atoms with Gasteiger partial charge < -0.3 is 24.3 Å². The Hall–Kier alpha value is -3.22. The number of hydrogen-bond donors (Lipinski definition) is 1. The highest BCUT2D eigenvalue weighted by molar-refractivity contribution is 5.95. The number of benzene rings is 2. The maximum atomic E-state index is 12.6. The van der Waals surface area contributed by atoms with Gasteiger partial charge in [-0.25, -0.2) is 0 Å². The molecule has 0 radical (unpaired) electrons. The van der Waals surface area contributed by atoms with Crippen LogP contribution in [0.5, 0.6) is 17.2 Å². The zero-order valence-corrected chi connectivity index (χ0v) is 19.0. The van der Waals surface area contributed by atoms with Crippen molar-refractivity contribution < 1.29 is 28.5 Å². The van der Waals surface area contributed by atoms with E-state index in [1.54, 1.807) is 19.1 Å². The van der Waals surface area contributed by atoms with Crippen LogP contribution in [0.15, 0.2) is 36.4 Å². The van der Waals surface area contributed by atoms with E-state index in [0.29, 0.717) is 28.7 Å². The molecule has 0 saturated carbocycles. The molecule has 1 N–H and O–H groups in total. The van der Waals surface area contributed by atoms with Gasteiger partial charge in [0.25, 0.3) is 5.91 Å². The first-order valence-electron chi connectivity index (χ1n) is 10.2. The first-order valence-corrected chi connectivity index (χ1v) is 10.2. The molecule has 0 heterocycles. The minimum absolute atomic E-state index is 0.0439. The van der Waals surface area contributed by atoms with E-state index in [9.17, 15) is 9.59 Å². The smallest absolute Gasteiger partial charge is 0.311 e. The van der Waals surface area contributed by atoms with E-state index in [0.717, 1.165) is 17.7 Å². The van der Waals surface area contributed by atoms with Crippen molar-refractivity contribution in [1.82, 2.24) is 0 Å². The molecule has 31 heavy (non-hydrogen) atoms. The molecule has 0 aliphatic carbocycles. The highest BCUT2D eigenvalue weighted by atomic mass is 16.5. The standard InChI is InChI=1S/C24H31NO6/c1-7-15(2)18-10-8-9-11-19(18)25-24(27)16(3)31-22(26)14-17-12-20(28-4)23(30-6)21(13-17)29-5/h8-13,15-16H,7,14H2,1-6H3,(H,25,27)/t15-,16-/m1/s1. The van der Waals surface area contributed by atoms with Crippen LogP contribution in [0, 0.1) is 0 Å².